The molecule has 1 aliphatic heterocycles. The van der Waals surface area contributed by atoms with Crippen LogP contribution in [-0.4, -0.2) is 46.5 Å². The maximum absolute atomic E-state index is 12.8. The molecule has 7 atom stereocenters. The van der Waals surface area contributed by atoms with E-state index in [1.54, 1.807) is 12.3 Å². The first-order chi connectivity index (χ1) is 13.2. The van der Waals surface area contributed by atoms with Crippen molar-refractivity contribution in [3.63, 3.8) is 0 Å². The molecule has 0 aromatic carbocycles. The van der Waals surface area contributed by atoms with Gasteiger partial charge < -0.3 is 19.4 Å². The number of carbonyl (C=O) groups excluding carboxylic acids is 1. The standard InChI is InChI=1S/C20H26NO7/c1-19-9-14(11-4-5-27-10-11)28-21(25)16(19)8-17(23)20(2)13(18(24)26-3)6-12(22)7-15(19)20/h4-6,10,12,14-17,22-23H,7-9H2,1-3H3/q+1. The number of aliphatic hydroxyl groups excluding tert-OH is 2. The highest BCUT2D eigenvalue weighted by atomic mass is 16.8. The number of hydrogen-bond acceptors (Lipinski definition) is 7. The molecule has 0 spiro atoms. The molecule has 152 valence electrons. The van der Waals surface area contributed by atoms with Gasteiger partial charge in [-0.2, -0.15) is 0 Å². The molecule has 0 amide bonds. The summed E-state index contributed by atoms with van der Waals surface area (Å²) in [4.78, 5) is 31.5. The molecule has 2 fully saturated rings. The van der Waals surface area contributed by atoms with Gasteiger partial charge in [-0.05, 0) is 24.5 Å². The van der Waals surface area contributed by atoms with Gasteiger partial charge in [0.2, 0.25) is 11.0 Å². The van der Waals surface area contributed by atoms with Gasteiger partial charge in [-0.15, -0.1) is 0 Å². The molecule has 3 aliphatic rings. The van der Waals surface area contributed by atoms with Gasteiger partial charge in [0.15, 0.2) is 0 Å². The van der Waals surface area contributed by atoms with Crippen LogP contribution >= 0.6 is 0 Å². The zero-order chi connectivity index (χ0) is 20.3. The fourth-order valence-corrected chi connectivity index (χ4v) is 5.71. The fraction of sp³-hybridized carbons (Fsp3) is 0.650. The lowest BCUT2D eigenvalue weighted by Crippen LogP contribution is -2.65. The Balaban J connectivity index is 1.80. The lowest BCUT2D eigenvalue weighted by atomic mass is 9.46. The van der Waals surface area contributed by atoms with Crippen LogP contribution in [0.3, 0.4) is 0 Å². The van der Waals surface area contributed by atoms with E-state index in [4.69, 9.17) is 14.0 Å². The van der Waals surface area contributed by atoms with Crippen LogP contribution in [0.4, 0.5) is 0 Å². The summed E-state index contributed by atoms with van der Waals surface area (Å²) in [6, 6.07) is 1.17. The molecule has 8 nitrogen and oxygen atoms in total. The highest BCUT2D eigenvalue weighted by Crippen LogP contribution is 2.63. The number of esters is 1. The summed E-state index contributed by atoms with van der Waals surface area (Å²) < 4.78 is 10.1. The minimum absolute atomic E-state index is 0.162. The van der Waals surface area contributed by atoms with Crippen molar-refractivity contribution < 1.29 is 33.9 Å². The third-order valence-electron chi connectivity index (χ3n) is 7.27. The van der Waals surface area contributed by atoms with E-state index in [0.29, 0.717) is 17.8 Å². The number of rotatable bonds is 2. The van der Waals surface area contributed by atoms with E-state index in [-0.39, 0.29) is 17.9 Å². The van der Waals surface area contributed by atoms with Crippen molar-refractivity contribution in [2.24, 2.45) is 16.7 Å². The van der Waals surface area contributed by atoms with E-state index in [9.17, 15) is 19.9 Å². The van der Waals surface area contributed by atoms with E-state index in [2.05, 4.69) is 0 Å². The average molecular weight is 392 g/mol. The zero-order valence-corrected chi connectivity index (χ0v) is 16.2. The Labute approximate surface area is 162 Å². The molecule has 1 aromatic rings. The Morgan fingerprint density at radius 3 is 2.71 bits per heavy atom. The minimum Gasteiger partial charge on any atom is -0.472 e. The number of aliphatic hydroxyl groups is 2. The molecule has 28 heavy (non-hydrogen) atoms. The quantitative estimate of drug-likeness (QED) is 0.742. The number of hydrogen-bond donors (Lipinski definition) is 2. The topological polar surface area (TPSA) is 109 Å². The number of ether oxygens (including phenoxy) is 1. The van der Waals surface area contributed by atoms with Crippen LogP contribution in [0, 0.1) is 21.7 Å². The van der Waals surface area contributed by atoms with Gasteiger partial charge in [0.05, 0.1) is 36.8 Å². The summed E-state index contributed by atoms with van der Waals surface area (Å²) >= 11 is 0. The van der Waals surface area contributed by atoms with Crippen LogP contribution < -0.4 is 0 Å². The summed E-state index contributed by atoms with van der Waals surface area (Å²) in [5.41, 5.74) is -0.510. The van der Waals surface area contributed by atoms with Crippen molar-refractivity contribution in [2.45, 2.75) is 57.5 Å². The van der Waals surface area contributed by atoms with Gasteiger partial charge in [0.1, 0.15) is 0 Å². The van der Waals surface area contributed by atoms with Crippen LogP contribution in [0.25, 0.3) is 0 Å². The molecular weight excluding hydrogens is 366 g/mol. The summed E-state index contributed by atoms with van der Waals surface area (Å²) in [6.07, 6.45) is 3.27. The lowest BCUT2D eigenvalue weighted by Gasteiger charge is -2.58. The molecule has 2 N–H and O–H groups in total. The van der Waals surface area contributed by atoms with Crippen molar-refractivity contribution in [2.75, 3.05) is 7.11 Å². The first-order valence-electron chi connectivity index (χ1n) is 9.53. The highest BCUT2D eigenvalue weighted by molar-refractivity contribution is 5.90. The first-order valence-corrected chi connectivity index (χ1v) is 9.53. The monoisotopic (exact) mass is 392 g/mol. The second kappa shape index (κ2) is 6.42. The zero-order valence-electron chi connectivity index (χ0n) is 16.2. The van der Waals surface area contributed by atoms with E-state index < -0.39 is 41.2 Å². The van der Waals surface area contributed by atoms with Gasteiger partial charge in [-0.25, -0.2) is 9.63 Å². The maximum Gasteiger partial charge on any atom is 0.334 e. The third kappa shape index (κ3) is 2.54. The van der Waals surface area contributed by atoms with Crippen molar-refractivity contribution in [3.05, 3.63) is 40.7 Å². The van der Waals surface area contributed by atoms with E-state index in [0.717, 1.165) is 5.56 Å². The SMILES string of the molecule is COC(=O)C1=CC(O)CC2C3(C)CC(c4ccoc4)O[N+](=O)C3CC(O)C12C. The molecule has 1 saturated carbocycles. The molecule has 2 heterocycles. The number of carbonyl (C=O) groups is 1. The number of furan rings is 1. The second-order valence-corrected chi connectivity index (χ2v) is 8.62. The van der Waals surface area contributed by atoms with Crippen LogP contribution in [0.2, 0.25) is 0 Å². The molecule has 0 radical (unpaired) electrons. The van der Waals surface area contributed by atoms with Crippen molar-refractivity contribution in [1.29, 1.82) is 0 Å². The van der Waals surface area contributed by atoms with Gasteiger partial charge in [0.25, 0.3) is 6.04 Å². The predicted molar refractivity (Wildman–Crippen MR) is 95.6 cm³/mol. The van der Waals surface area contributed by atoms with E-state index in [1.807, 2.05) is 13.8 Å². The minimum atomic E-state index is -0.945. The predicted octanol–water partition coefficient (Wildman–Crippen LogP) is 2.06. The lowest BCUT2D eigenvalue weighted by molar-refractivity contribution is -0.861. The van der Waals surface area contributed by atoms with Crippen molar-refractivity contribution in [3.8, 4) is 0 Å². The number of nitrogens with zero attached hydrogens (tertiary/aromatic N) is 1. The maximum atomic E-state index is 12.8. The Bertz CT molecular complexity index is 819. The second-order valence-electron chi connectivity index (χ2n) is 8.62. The smallest absolute Gasteiger partial charge is 0.334 e. The Morgan fingerprint density at radius 1 is 1.32 bits per heavy atom. The number of fused-ring (bicyclic) bond motifs is 3. The summed E-state index contributed by atoms with van der Waals surface area (Å²) in [5, 5.41) is 21.5. The largest absolute Gasteiger partial charge is 0.472 e. The average Bonchev–Trinajstić information content (AvgIpc) is 3.19. The molecule has 1 aromatic heterocycles. The van der Waals surface area contributed by atoms with Gasteiger partial charge in [-0.3, -0.25) is 0 Å². The molecule has 1 saturated heterocycles. The van der Waals surface area contributed by atoms with Gasteiger partial charge in [0, 0.05) is 34.8 Å². The van der Waals surface area contributed by atoms with E-state index >= 15 is 0 Å². The Morgan fingerprint density at radius 2 is 2.07 bits per heavy atom. The van der Waals surface area contributed by atoms with Crippen molar-refractivity contribution in [1.82, 2.24) is 0 Å². The van der Waals surface area contributed by atoms with Crippen molar-refractivity contribution >= 4 is 5.97 Å². The van der Waals surface area contributed by atoms with Gasteiger partial charge >= 0.3 is 5.97 Å². The molecule has 8 heteroatoms. The Kier molecular flexibility index (Phi) is 4.39. The molecular formula is C20H26NO7+. The summed E-state index contributed by atoms with van der Waals surface area (Å²) in [6.45, 7) is 3.82. The van der Waals surface area contributed by atoms with Crippen LogP contribution in [0.5, 0.6) is 0 Å². The van der Waals surface area contributed by atoms with Crippen LogP contribution in [0.1, 0.15) is 44.8 Å². The van der Waals surface area contributed by atoms with E-state index in [1.165, 1.54) is 19.4 Å². The third-order valence-corrected chi connectivity index (χ3v) is 7.27. The highest BCUT2D eigenvalue weighted by Gasteiger charge is 2.69. The summed E-state index contributed by atoms with van der Waals surface area (Å²) in [5.74, 6) is -0.887. The molecule has 7 unspecified atom stereocenters. The Hall–Kier alpha value is -2.19. The number of methoxy groups -OCH3 is 1. The molecule has 0 bridgehead atoms. The first kappa shape index (κ1) is 19.1. The van der Waals surface area contributed by atoms with Gasteiger partial charge in [-0.1, -0.05) is 13.8 Å². The van der Waals surface area contributed by atoms with Crippen LogP contribution in [0.15, 0.2) is 34.7 Å². The normalized spacial score (nSPS) is 42.7. The molecule has 2 aliphatic carbocycles. The summed E-state index contributed by atoms with van der Waals surface area (Å²) in [7, 11) is 1.28. The molecule has 4 rings (SSSR count). The fourth-order valence-electron chi connectivity index (χ4n) is 5.71. The van der Waals surface area contributed by atoms with Crippen LogP contribution in [-0.2, 0) is 14.4 Å².